The average Bonchev–Trinajstić information content (AvgIpc) is 2.08. The molecule has 0 atom stereocenters. The van der Waals surface area contributed by atoms with E-state index in [4.69, 9.17) is 4.74 Å². The standard InChI is InChI=1S/C7H11IO/c1-7(2)6(5-8)3-4-9-7/h5H,3-4H2,1-2H3. The normalized spacial score (nSPS) is 29.4. The Hall–Kier alpha value is 0.430. The summed E-state index contributed by atoms with van der Waals surface area (Å²) in [6, 6.07) is 0. The third-order valence-corrected chi connectivity index (χ3v) is 2.49. The Labute approximate surface area is 69.6 Å². The molecule has 9 heavy (non-hydrogen) atoms. The van der Waals surface area contributed by atoms with Crippen LogP contribution in [0, 0.1) is 0 Å². The molecule has 1 aliphatic rings. The lowest BCUT2D eigenvalue weighted by molar-refractivity contribution is 0.0554. The highest BCUT2D eigenvalue weighted by atomic mass is 127. The molecule has 2 heteroatoms. The molecule has 0 aromatic heterocycles. The van der Waals surface area contributed by atoms with Gasteiger partial charge in [0.05, 0.1) is 12.2 Å². The summed E-state index contributed by atoms with van der Waals surface area (Å²) in [5, 5.41) is 0. The predicted molar refractivity (Wildman–Crippen MR) is 46.8 cm³/mol. The predicted octanol–water partition coefficient (Wildman–Crippen LogP) is 2.50. The van der Waals surface area contributed by atoms with Crippen molar-refractivity contribution in [2.24, 2.45) is 0 Å². The molecule has 0 N–H and O–H groups in total. The van der Waals surface area contributed by atoms with Gasteiger partial charge in [0.25, 0.3) is 0 Å². The van der Waals surface area contributed by atoms with Crippen LogP contribution in [0.25, 0.3) is 0 Å². The first-order chi connectivity index (χ1) is 4.17. The fraction of sp³-hybridized carbons (Fsp3) is 0.714. The van der Waals surface area contributed by atoms with Gasteiger partial charge in [-0.25, -0.2) is 0 Å². The summed E-state index contributed by atoms with van der Waals surface area (Å²) in [6.07, 6.45) is 1.11. The van der Waals surface area contributed by atoms with Crippen LogP contribution in [0.2, 0.25) is 0 Å². The monoisotopic (exact) mass is 238 g/mol. The van der Waals surface area contributed by atoms with Gasteiger partial charge in [-0.2, -0.15) is 0 Å². The minimum atomic E-state index is 0.0151. The summed E-state index contributed by atoms with van der Waals surface area (Å²) >= 11 is 2.27. The first-order valence-corrected chi connectivity index (χ1v) is 4.35. The van der Waals surface area contributed by atoms with Gasteiger partial charge < -0.3 is 4.74 Å². The van der Waals surface area contributed by atoms with Crippen molar-refractivity contribution in [3.05, 3.63) is 9.66 Å². The van der Waals surface area contributed by atoms with Crippen molar-refractivity contribution >= 4 is 22.6 Å². The Bertz CT molecular complexity index is 138. The maximum atomic E-state index is 5.47. The molecule has 0 bridgehead atoms. The molecule has 0 saturated carbocycles. The summed E-state index contributed by atoms with van der Waals surface area (Å²) < 4.78 is 7.60. The van der Waals surface area contributed by atoms with E-state index in [0.29, 0.717) is 0 Å². The van der Waals surface area contributed by atoms with Crippen molar-refractivity contribution < 1.29 is 4.74 Å². The Kier molecular flexibility index (Phi) is 2.16. The smallest absolute Gasteiger partial charge is 0.0843 e. The van der Waals surface area contributed by atoms with Crippen molar-refractivity contribution in [2.45, 2.75) is 25.9 Å². The molecule has 0 amide bonds. The second-order valence-corrected chi connectivity index (χ2v) is 3.37. The van der Waals surface area contributed by atoms with Crippen molar-refractivity contribution in [1.82, 2.24) is 0 Å². The highest BCUT2D eigenvalue weighted by Crippen LogP contribution is 2.31. The van der Waals surface area contributed by atoms with E-state index in [-0.39, 0.29) is 5.60 Å². The van der Waals surface area contributed by atoms with Crippen molar-refractivity contribution in [3.8, 4) is 0 Å². The molecule has 1 rings (SSSR count). The molecule has 1 aliphatic heterocycles. The summed E-state index contributed by atoms with van der Waals surface area (Å²) in [4.78, 5) is 0. The van der Waals surface area contributed by atoms with E-state index in [1.807, 2.05) is 0 Å². The van der Waals surface area contributed by atoms with Crippen molar-refractivity contribution in [3.63, 3.8) is 0 Å². The number of halogens is 1. The Balaban J connectivity index is 2.75. The zero-order valence-corrected chi connectivity index (χ0v) is 7.94. The number of hydrogen-bond donors (Lipinski definition) is 0. The van der Waals surface area contributed by atoms with E-state index in [0.717, 1.165) is 13.0 Å². The average molecular weight is 238 g/mol. The van der Waals surface area contributed by atoms with Gasteiger partial charge in [0, 0.05) is 0 Å². The molecule has 1 fully saturated rings. The van der Waals surface area contributed by atoms with Gasteiger partial charge in [-0.15, -0.1) is 0 Å². The van der Waals surface area contributed by atoms with Crippen LogP contribution in [0.15, 0.2) is 9.66 Å². The fourth-order valence-corrected chi connectivity index (χ4v) is 2.06. The Morgan fingerprint density at radius 3 is 2.56 bits per heavy atom. The molecule has 1 saturated heterocycles. The number of hydrogen-bond acceptors (Lipinski definition) is 1. The van der Waals surface area contributed by atoms with E-state index in [1.165, 1.54) is 5.57 Å². The molecular formula is C7H11IO. The first-order valence-electron chi connectivity index (χ1n) is 3.10. The van der Waals surface area contributed by atoms with E-state index in [9.17, 15) is 0 Å². The lowest BCUT2D eigenvalue weighted by Gasteiger charge is -2.17. The van der Waals surface area contributed by atoms with E-state index in [1.54, 1.807) is 0 Å². The van der Waals surface area contributed by atoms with E-state index < -0.39 is 0 Å². The lowest BCUT2D eigenvalue weighted by Crippen LogP contribution is -2.18. The third-order valence-electron chi connectivity index (χ3n) is 1.74. The Morgan fingerprint density at radius 2 is 2.33 bits per heavy atom. The SMILES string of the molecule is CC1(C)OCCC1=CI. The minimum absolute atomic E-state index is 0.0151. The number of rotatable bonds is 0. The second kappa shape index (κ2) is 2.58. The van der Waals surface area contributed by atoms with Gasteiger partial charge in [0.1, 0.15) is 0 Å². The maximum absolute atomic E-state index is 5.47. The first kappa shape index (κ1) is 7.54. The van der Waals surface area contributed by atoms with Crippen LogP contribution in [0.3, 0.4) is 0 Å². The number of ether oxygens (including phenoxy) is 1. The van der Waals surface area contributed by atoms with Crippen LogP contribution >= 0.6 is 22.6 Å². The van der Waals surface area contributed by atoms with Crippen molar-refractivity contribution in [2.75, 3.05) is 6.61 Å². The van der Waals surface area contributed by atoms with E-state index >= 15 is 0 Å². The summed E-state index contributed by atoms with van der Waals surface area (Å²) in [5.74, 6) is 0. The van der Waals surface area contributed by atoms with Gasteiger partial charge >= 0.3 is 0 Å². The molecule has 0 aromatic carbocycles. The molecule has 1 nitrogen and oxygen atoms in total. The largest absolute Gasteiger partial charge is 0.371 e. The molecular weight excluding hydrogens is 227 g/mol. The van der Waals surface area contributed by atoms with Gasteiger partial charge in [-0.3, -0.25) is 0 Å². The Morgan fingerprint density at radius 1 is 1.67 bits per heavy atom. The quantitative estimate of drug-likeness (QED) is 0.589. The molecule has 0 unspecified atom stereocenters. The molecule has 1 heterocycles. The zero-order valence-electron chi connectivity index (χ0n) is 5.78. The van der Waals surface area contributed by atoms with E-state index in [2.05, 4.69) is 40.5 Å². The molecule has 0 aromatic rings. The molecule has 0 spiro atoms. The summed E-state index contributed by atoms with van der Waals surface area (Å²) in [5.41, 5.74) is 1.43. The van der Waals surface area contributed by atoms with Crippen LogP contribution in [0.4, 0.5) is 0 Å². The lowest BCUT2D eigenvalue weighted by atomic mass is 10.0. The van der Waals surface area contributed by atoms with Gasteiger partial charge in [0.15, 0.2) is 0 Å². The van der Waals surface area contributed by atoms with Crippen LogP contribution in [-0.2, 0) is 4.74 Å². The van der Waals surface area contributed by atoms with Crippen LogP contribution < -0.4 is 0 Å². The molecule has 0 aliphatic carbocycles. The third kappa shape index (κ3) is 1.46. The van der Waals surface area contributed by atoms with Gasteiger partial charge in [-0.05, 0) is 29.9 Å². The molecule has 0 radical (unpaired) electrons. The second-order valence-electron chi connectivity index (χ2n) is 2.74. The van der Waals surface area contributed by atoms with Gasteiger partial charge in [-0.1, -0.05) is 22.6 Å². The van der Waals surface area contributed by atoms with Crippen LogP contribution in [0.5, 0.6) is 0 Å². The highest BCUT2D eigenvalue weighted by molar-refractivity contribution is 14.1. The zero-order chi connectivity index (χ0) is 6.91. The van der Waals surface area contributed by atoms with Gasteiger partial charge in [0.2, 0.25) is 0 Å². The van der Waals surface area contributed by atoms with Crippen LogP contribution in [-0.4, -0.2) is 12.2 Å². The molecule has 52 valence electrons. The topological polar surface area (TPSA) is 9.23 Å². The maximum Gasteiger partial charge on any atom is 0.0843 e. The fourth-order valence-electron chi connectivity index (χ4n) is 0.996. The van der Waals surface area contributed by atoms with Crippen molar-refractivity contribution in [1.29, 1.82) is 0 Å². The highest BCUT2D eigenvalue weighted by Gasteiger charge is 2.28. The van der Waals surface area contributed by atoms with Crippen LogP contribution in [0.1, 0.15) is 20.3 Å². The minimum Gasteiger partial charge on any atom is -0.371 e. The summed E-state index contributed by atoms with van der Waals surface area (Å²) in [7, 11) is 0. The summed E-state index contributed by atoms with van der Waals surface area (Å²) in [6.45, 7) is 5.12.